The lowest BCUT2D eigenvalue weighted by molar-refractivity contribution is -0.132. The van der Waals surface area contributed by atoms with Crippen LogP contribution in [0.3, 0.4) is 0 Å². The van der Waals surface area contributed by atoms with E-state index < -0.39 is 0 Å². The number of hydrogen-bond acceptors (Lipinski definition) is 4. The van der Waals surface area contributed by atoms with E-state index in [1.807, 2.05) is 66.7 Å². The topological polar surface area (TPSA) is 44.8 Å². The molecular weight excluding hydrogens is 434 g/mol. The van der Waals surface area contributed by atoms with Gasteiger partial charge in [0, 0.05) is 42.2 Å². The molecule has 0 aromatic heterocycles. The van der Waals surface area contributed by atoms with Crippen LogP contribution in [0.1, 0.15) is 24.0 Å². The minimum atomic E-state index is 0.0854. The molecule has 5 rings (SSSR count). The average molecular weight is 466 g/mol. The highest BCUT2D eigenvalue weighted by atomic mass is 16.5. The number of carbonyl (C=O) groups excluding carboxylic acids is 1. The SMILES string of the molecule is CNc1ccc(N2CCCCN2C(=O)Cc2ccccc2OCc2ccccc2)c2ccccc12. The fraction of sp³-hybridized carbons (Fsp3) is 0.233. The molecule has 1 amide bonds. The quantitative estimate of drug-likeness (QED) is 0.361. The molecule has 1 aliphatic heterocycles. The zero-order valence-electron chi connectivity index (χ0n) is 20.1. The lowest BCUT2D eigenvalue weighted by atomic mass is 10.1. The molecule has 35 heavy (non-hydrogen) atoms. The number of para-hydroxylation sites is 1. The molecule has 5 heteroatoms. The van der Waals surface area contributed by atoms with Gasteiger partial charge in [-0.15, -0.1) is 0 Å². The Morgan fingerprint density at radius 1 is 0.829 bits per heavy atom. The number of hydrazine groups is 1. The maximum atomic E-state index is 13.7. The molecule has 1 fully saturated rings. The van der Waals surface area contributed by atoms with Crippen molar-refractivity contribution in [3.8, 4) is 5.75 Å². The van der Waals surface area contributed by atoms with Crippen molar-refractivity contribution in [1.29, 1.82) is 0 Å². The first kappa shape index (κ1) is 22.8. The standard InChI is InChI=1S/C30H31N3O2/c1-31-27-17-18-28(26-15-7-6-14-25(26)27)32-19-9-10-20-33(32)30(34)21-24-13-5-8-16-29(24)35-22-23-11-3-2-4-12-23/h2-8,11-18,31H,9-10,19-22H2,1H3. The summed E-state index contributed by atoms with van der Waals surface area (Å²) < 4.78 is 6.11. The minimum Gasteiger partial charge on any atom is -0.489 e. The van der Waals surface area contributed by atoms with Gasteiger partial charge < -0.3 is 10.1 Å². The van der Waals surface area contributed by atoms with Crippen molar-refractivity contribution in [3.63, 3.8) is 0 Å². The normalized spacial score (nSPS) is 13.6. The van der Waals surface area contributed by atoms with E-state index in [1.165, 1.54) is 0 Å². The van der Waals surface area contributed by atoms with Gasteiger partial charge in [0.2, 0.25) is 5.91 Å². The van der Waals surface area contributed by atoms with Gasteiger partial charge in [0.15, 0.2) is 0 Å². The largest absolute Gasteiger partial charge is 0.489 e. The van der Waals surface area contributed by atoms with Crippen molar-refractivity contribution in [2.45, 2.75) is 25.9 Å². The number of nitrogens with one attached hydrogen (secondary N) is 1. The summed E-state index contributed by atoms with van der Waals surface area (Å²) in [7, 11) is 1.94. The Bertz CT molecular complexity index is 1310. The summed E-state index contributed by atoms with van der Waals surface area (Å²) in [6, 6.07) is 30.6. The highest BCUT2D eigenvalue weighted by Gasteiger charge is 2.27. The number of anilines is 2. The van der Waals surface area contributed by atoms with Crippen molar-refractivity contribution < 1.29 is 9.53 Å². The predicted octanol–water partition coefficient (Wildman–Crippen LogP) is 6.05. The number of ether oxygens (including phenoxy) is 1. The molecule has 0 atom stereocenters. The molecule has 1 heterocycles. The van der Waals surface area contributed by atoms with Crippen LogP contribution >= 0.6 is 0 Å². The van der Waals surface area contributed by atoms with Gasteiger partial charge in [0.1, 0.15) is 12.4 Å². The third kappa shape index (κ3) is 4.94. The summed E-state index contributed by atoms with van der Waals surface area (Å²) in [5.74, 6) is 0.847. The molecule has 4 aromatic rings. The Hall–Kier alpha value is -3.99. The Balaban J connectivity index is 1.39. The number of rotatable bonds is 7. The van der Waals surface area contributed by atoms with Crippen LogP contribution in [0.25, 0.3) is 10.8 Å². The first-order valence-electron chi connectivity index (χ1n) is 12.3. The Kier molecular flexibility index (Phi) is 6.85. The van der Waals surface area contributed by atoms with Crippen LogP contribution in [0.15, 0.2) is 91.0 Å². The van der Waals surface area contributed by atoms with Crippen molar-refractivity contribution in [1.82, 2.24) is 5.01 Å². The minimum absolute atomic E-state index is 0.0854. The molecule has 1 N–H and O–H groups in total. The van der Waals surface area contributed by atoms with Gasteiger partial charge >= 0.3 is 0 Å². The number of hydrogen-bond donors (Lipinski definition) is 1. The fourth-order valence-corrected chi connectivity index (χ4v) is 4.78. The maximum absolute atomic E-state index is 13.7. The van der Waals surface area contributed by atoms with E-state index >= 15 is 0 Å². The highest BCUT2D eigenvalue weighted by Crippen LogP contribution is 2.34. The van der Waals surface area contributed by atoms with Crippen LogP contribution < -0.4 is 15.1 Å². The van der Waals surface area contributed by atoms with Crippen molar-refractivity contribution in [2.75, 3.05) is 30.5 Å². The molecule has 178 valence electrons. The molecule has 0 unspecified atom stereocenters. The second-order valence-electron chi connectivity index (χ2n) is 8.83. The summed E-state index contributed by atoms with van der Waals surface area (Å²) in [5.41, 5.74) is 4.17. The summed E-state index contributed by atoms with van der Waals surface area (Å²) in [6.07, 6.45) is 2.36. The third-order valence-electron chi connectivity index (χ3n) is 6.57. The number of amides is 1. The highest BCUT2D eigenvalue weighted by molar-refractivity contribution is 6.02. The average Bonchev–Trinajstić information content (AvgIpc) is 2.92. The van der Waals surface area contributed by atoms with Gasteiger partial charge in [-0.2, -0.15) is 0 Å². The molecule has 5 nitrogen and oxygen atoms in total. The lowest BCUT2D eigenvalue weighted by Crippen LogP contribution is -2.51. The van der Waals surface area contributed by atoms with E-state index in [1.54, 1.807) is 0 Å². The predicted molar refractivity (Wildman–Crippen MR) is 143 cm³/mol. The van der Waals surface area contributed by atoms with E-state index in [9.17, 15) is 4.79 Å². The van der Waals surface area contributed by atoms with Crippen LogP contribution in [-0.2, 0) is 17.8 Å². The Morgan fingerprint density at radius 3 is 2.37 bits per heavy atom. The number of nitrogens with zero attached hydrogens (tertiary/aromatic N) is 2. The van der Waals surface area contributed by atoms with Crippen LogP contribution in [0.4, 0.5) is 11.4 Å². The smallest absolute Gasteiger partial charge is 0.245 e. The zero-order chi connectivity index (χ0) is 24.0. The van der Waals surface area contributed by atoms with Gasteiger partial charge in [-0.05, 0) is 36.6 Å². The number of carbonyl (C=O) groups is 1. The number of benzene rings is 4. The molecule has 0 bridgehead atoms. The molecule has 0 aliphatic carbocycles. The van der Waals surface area contributed by atoms with E-state index in [0.29, 0.717) is 19.6 Å². The summed E-state index contributed by atoms with van der Waals surface area (Å²) in [6.45, 7) is 2.01. The second-order valence-corrected chi connectivity index (χ2v) is 8.83. The van der Waals surface area contributed by atoms with E-state index in [2.05, 4.69) is 46.7 Å². The molecular formula is C30H31N3O2. The molecule has 1 aliphatic rings. The van der Waals surface area contributed by atoms with Gasteiger partial charge in [0.25, 0.3) is 0 Å². The third-order valence-corrected chi connectivity index (χ3v) is 6.57. The fourth-order valence-electron chi connectivity index (χ4n) is 4.78. The van der Waals surface area contributed by atoms with Crippen LogP contribution in [-0.4, -0.2) is 31.1 Å². The molecule has 0 saturated carbocycles. The van der Waals surface area contributed by atoms with E-state index in [-0.39, 0.29) is 5.91 Å². The first-order chi connectivity index (χ1) is 17.2. The van der Waals surface area contributed by atoms with Gasteiger partial charge in [0.05, 0.1) is 12.1 Å². The Labute approximate surface area is 206 Å². The zero-order valence-corrected chi connectivity index (χ0v) is 20.1. The molecule has 0 spiro atoms. The van der Waals surface area contributed by atoms with Gasteiger partial charge in [-0.25, -0.2) is 0 Å². The summed E-state index contributed by atoms with van der Waals surface area (Å²) in [5, 5.41) is 9.68. The molecule has 0 radical (unpaired) electrons. The Morgan fingerprint density at radius 2 is 1.54 bits per heavy atom. The van der Waals surface area contributed by atoms with E-state index in [4.69, 9.17) is 4.74 Å². The number of fused-ring (bicyclic) bond motifs is 1. The van der Waals surface area contributed by atoms with Crippen LogP contribution in [0.2, 0.25) is 0 Å². The van der Waals surface area contributed by atoms with Gasteiger partial charge in [-0.1, -0.05) is 72.8 Å². The second kappa shape index (κ2) is 10.5. The summed E-state index contributed by atoms with van der Waals surface area (Å²) >= 11 is 0. The van der Waals surface area contributed by atoms with Crippen molar-refractivity contribution in [3.05, 3.63) is 102 Å². The molecule has 1 saturated heterocycles. The summed E-state index contributed by atoms with van der Waals surface area (Å²) in [4.78, 5) is 13.7. The monoisotopic (exact) mass is 465 g/mol. The van der Waals surface area contributed by atoms with E-state index in [0.717, 1.165) is 58.4 Å². The van der Waals surface area contributed by atoms with Crippen molar-refractivity contribution in [2.24, 2.45) is 0 Å². The first-order valence-corrected chi connectivity index (χ1v) is 12.3. The van der Waals surface area contributed by atoms with Gasteiger partial charge in [-0.3, -0.25) is 14.8 Å². The molecule has 4 aromatic carbocycles. The lowest BCUT2D eigenvalue weighted by Gasteiger charge is -2.41. The van der Waals surface area contributed by atoms with Crippen LogP contribution in [0.5, 0.6) is 5.75 Å². The maximum Gasteiger partial charge on any atom is 0.245 e. The van der Waals surface area contributed by atoms with Crippen molar-refractivity contribution >= 4 is 28.1 Å². The van der Waals surface area contributed by atoms with Crippen LogP contribution in [0, 0.1) is 0 Å².